The van der Waals surface area contributed by atoms with Crippen LogP contribution in [0.5, 0.6) is 0 Å². The van der Waals surface area contributed by atoms with Gasteiger partial charge >= 0.3 is 0 Å². The van der Waals surface area contributed by atoms with Gasteiger partial charge < -0.3 is 10.2 Å². The molecule has 0 heterocycles. The Morgan fingerprint density at radius 3 is 2.67 bits per heavy atom. The highest BCUT2D eigenvalue weighted by Gasteiger charge is 2.32. The first-order valence-electron chi connectivity index (χ1n) is 6.75. The zero-order chi connectivity index (χ0) is 10.7. The van der Waals surface area contributed by atoms with Crippen LogP contribution in [-0.4, -0.2) is 37.1 Å². The Morgan fingerprint density at radius 1 is 1.20 bits per heavy atom. The summed E-state index contributed by atoms with van der Waals surface area (Å²) in [4.78, 5) is 2.62. The summed E-state index contributed by atoms with van der Waals surface area (Å²) in [5.41, 5.74) is 0. The quantitative estimate of drug-likeness (QED) is 0.723. The number of rotatable bonds is 6. The normalized spacial score (nSPS) is 31.4. The zero-order valence-corrected chi connectivity index (χ0v) is 10.3. The molecule has 2 aliphatic carbocycles. The van der Waals surface area contributed by atoms with Crippen molar-refractivity contribution in [1.82, 2.24) is 10.2 Å². The molecule has 1 N–H and O–H groups in total. The predicted octanol–water partition coefficient (Wildman–Crippen LogP) is 2.25. The van der Waals surface area contributed by atoms with Crippen molar-refractivity contribution >= 4 is 0 Å². The van der Waals surface area contributed by atoms with E-state index in [1.807, 2.05) is 0 Å². The molecule has 0 amide bonds. The molecule has 2 nitrogen and oxygen atoms in total. The Balaban J connectivity index is 1.77. The molecule has 88 valence electrons. The first kappa shape index (κ1) is 11.4. The van der Waals surface area contributed by atoms with Gasteiger partial charge in [-0.2, -0.15) is 0 Å². The van der Waals surface area contributed by atoms with Crippen LogP contribution in [0.2, 0.25) is 0 Å². The molecule has 2 rings (SSSR count). The van der Waals surface area contributed by atoms with E-state index in [0.29, 0.717) is 0 Å². The highest BCUT2D eigenvalue weighted by Crippen LogP contribution is 2.32. The number of hydrogen-bond donors (Lipinski definition) is 1. The fourth-order valence-electron chi connectivity index (χ4n) is 2.88. The average molecular weight is 210 g/mol. The fraction of sp³-hybridized carbons (Fsp3) is 1.00. The largest absolute Gasteiger partial charge is 0.312 e. The molecule has 0 aromatic carbocycles. The van der Waals surface area contributed by atoms with Crippen LogP contribution in [0.3, 0.4) is 0 Å². The van der Waals surface area contributed by atoms with Crippen molar-refractivity contribution in [2.45, 2.75) is 57.5 Å². The maximum Gasteiger partial charge on any atom is 0.0246 e. The van der Waals surface area contributed by atoms with Crippen molar-refractivity contribution in [2.75, 3.05) is 20.1 Å². The Morgan fingerprint density at radius 2 is 2.00 bits per heavy atom. The van der Waals surface area contributed by atoms with E-state index >= 15 is 0 Å². The van der Waals surface area contributed by atoms with Gasteiger partial charge in [0.15, 0.2) is 0 Å². The lowest BCUT2D eigenvalue weighted by molar-refractivity contribution is 0.204. The van der Waals surface area contributed by atoms with Crippen molar-refractivity contribution in [3.63, 3.8) is 0 Å². The van der Waals surface area contributed by atoms with Crippen molar-refractivity contribution in [3.05, 3.63) is 0 Å². The number of nitrogens with one attached hydrogen (secondary N) is 1. The van der Waals surface area contributed by atoms with Gasteiger partial charge in [-0.1, -0.05) is 13.3 Å². The highest BCUT2D eigenvalue weighted by molar-refractivity contribution is 4.91. The van der Waals surface area contributed by atoms with Crippen LogP contribution in [0.25, 0.3) is 0 Å². The number of nitrogens with zero attached hydrogens (tertiary/aromatic N) is 1. The van der Waals surface area contributed by atoms with Gasteiger partial charge in [-0.05, 0) is 51.6 Å². The van der Waals surface area contributed by atoms with Gasteiger partial charge in [0.1, 0.15) is 0 Å². The summed E-state index contributed by atoms with van der Waals surface area (Å²) in [5.74, 6) is 1.03. The van der Waals surface area contributed by atoms with Gasteiger partial charge in [-0.25, -0.2) is 0 Å². The van der Waals surface area contributed by atoms with Gasteiger partial charge in [0.2, 0.25) is 0 Å². The van der Waals surface area contributed by atoms with Crippen LogP contribution in [0.15, 0.2) is 0 Å². The monoisotopic (exact) mass is 210 g/mol. The molecular formula is C13H26N2. The second-order valence-corrected chi connectivity index (χ2v) is 5.44. The van der Waals surface area contributed by atoms with E-state index in [0.717, 1.165) is 18.0 Å². The first-order chi connectivity index (χ1) is 7.31. The van der Waals surface area contributed by atoms with Crippen molar-refractivity contribution < 1.29 is 0 Å². The smallest absolute Gasteiger partial charge is 0.0246 e. The Bertz CT molecular complexity index is 189. The standard InChI is InChI=1S/C13H26N2/c1-3-9-14-12-5-4-6-13(12)15(2)10-11-7-8-11/h11-14H,3-10H2,1-2H3. The minimum absolute atomic E-state index is 0.772. The van der Waals surface area contributed by atoms with E-state index in [4.69, 9.17) is 0 Å². The zero-order valence-electron chi connectivity index (χ0n) is 10.3. The lowest BCUT2D eigenvalue weighted by atomic mass is 10.1. The summed E-state index contributed by atoms with van der Waals surface area (Å²) in [6, 6.07) is 1.59. The summed E-state index contributed by atoms with van der Waals surface area (Å²) >= 11 is 0. The minimum atomic E-state index is 0.772. The minimum Gasteiger partial charge on any atom is -0.312 e. The predicted molar refractivity (Wildman–Crippen MR) is 65.1 cm³/mol. The third-order valence-corrected chi connectivity index (χ3v) is 3.95. The molecule has 0 aromatic rings. The molecule has 2 aliphatic rings. The Labute approximate surface area is 94.4 Å². The highest BCUT2D eigenvalue weighted by atomic mass is 15.2. The van der Waals surface area contributed by atoms with E-state index < -0.39 is 0 Å². The number of hydrogen-bond acceptors (Lipinski definition) is 2. The molecule has 15 heavy (non-hydrogen) atoms. The van der Waals surface area contributed by atoms with Crippen LogP contribution >= 0.6 is 0 Å². The van der Waals surface area contributed by atoms with Crippen LogP contribution in [0.1, 0.15) is 45.4 Å². The molecule has 0 radical (unpaired) electrons. The summed E-state index contributed by atoms with van der Waals surface area (Å²) < 4.78 is 0. The molecule has 2 fully saturated rings. The third-order valence-electron chi connectivity index (χ3n) is 3.95. The number of likely N-dealkylation sites (N-methyl/N-ethyl adjacent to an activating group) is 1. The Kier molecular flexibility index (Phi) is 4.04. The molecule has 2 heteroatoms. The topological polar surface area (TPSA) is 15.3 Å². The van der Waals surface area contributed by atoms with Gasteiger partial charge in [-0.3, -0.25) is 0 Å². The van der Waals surface area contributed by atoms with Crippen molar-refractivity contribution in [2.24, 2.45) is 5.92 Å². The van der Waals surface area contributed by atoms with Gasteiger partial charge in [0, 0.05) is 18.6 Å². The van der Waals surface area contributed by atoms with E-state index in [-0.39, 0.29) is 0 Å². The van der Waals surface area contributed by atoms with Crippen LogP contribution in [0.4, 0.5) is 0 Å². The lowest BCUT2D eigenvalue weighted by Crippen LogP contribution is -2.46. The van der Waals surface area contributed by atoms with E-state index in [2.05, 4.69) is 24.2 Å². The van der Waals surface area contributed by atoms with E-state index in [1.165, 1.54) is 51.6 Å². The molecule has 2 unspecified atom stereocenters. The van der Waals surface area contributed by atoms with Gasteiger partial charge in [0.25, 0.3) is 0 Å². The average Bonchev–Trinajstić information content (AvgIpc) is 2.91. The second kappa shape index (κ2) is 5.31. The lowest BCUT2D eigenvalue weighted by Gasteiger charge is -2.30. The summed E-state index contributed by atoms with van der Waals surface area (Å²) in [6.45, 7) is 4.79. The second-order valence-electron chi connectivity index (χ2n) is 5.44. The molecule has 0 bridgehead atoms. The SMILES string of the molecule is CCCNC1CCCC1N(C)CC1CC1. The summed E-state index contributed by atoms with van der Waals surface area (Å²) in [7, 11) is 2.33. The molecule has 0 aliphatic heterocycles. The molecule has 0 aromatic heterocycles. The third kappa shape index (κ3) is 3.18. The van der Waals surface area contributed by atoms with Crippen LogP contribution in [-0.2, 0) is 0 Å². The fourth-order valence-corrected chi connectivity index (χ4v) is 2.88. The molecular weight excluding hydrogens is 184 g/mol. The van der Waals surface area contributed by atoms with Crippen LogP contribution in [0, 0.1) is 5.92 Å². The molecule has 0 spiro atoms. The van der Waals surface area contributed by atoms with Crippen LogP contribution < -0.4 is 5.32 Å². The summed E-state index contributed by atoms with van der Waals surface area (Å²) in [6.07, 6.45) is 8.43. The maximum atomic E-state index is 3.71. The maximum absolute atomic E-state index is 3.71. The van der Waals surface area contributed by atoms with Crippen molar-refractivity contribution in [3.8, 4) is 0 Å². The molecule has 0 saturated heterocycles. The van der Waals surface area contributed by atoms with Crippen molar-refractivity contribution in [1.29, 1.82) is 0 Å². The molecule has 2 saturated carbocycles. The van der Waals surface area contributed by atoms with Gasteiger partial charge in [-0.15, -0.1) is 0 Å². The van der Waals surface area contributed by atoms with E-state index in [1.54, 1.807) is 0 Å². The molecule has 2 atom stereocenters. The first-order valence-corrected chi connectivity index (χ1v) is 6.75. The van der Waals surface area contributed by atoms with Gasteiger partial charge in [0.05, 0.1) is 0 Å². The summed E-state index contributed by atoms with van der Waals surface area (Å²) in [5, 5.41) is 3.71. The Hall–Kier alpha value is -0.0800. The van der Waals surface area contributed by atoms with E-state index in [9.17, 15) is 0 Å².